The zero-order valence-electron chi connectivity index (χ0n) is 58.0. The fraction of sp³-hybridized carbons (Fsp3) is 0.536. The first-order chi connectivity index (χ1) is 48.1. The summed E-state index contributed by atoms with van der Waals surface area (Å²) in [6.45, 7) is 12.6. The van der Waals surface area contributed by atoms with Crippen molar-refractivity contribution in [1.82, 2.24) is 14.2 Å². The van der Waals surface area contributed by atoms with Gasteiger partial charge in [0.1, 0.15) is 78.6 Å². The van der Waals surface area contributed by atoms with Crippen LogP contribution in [-0.4, -0.2) is 201 Å². The number of fused-ring (bicyclic) bond motifs is 2. The van der Waals surface area contributed by atoms with Crippen molar-refractivity contribution in [1.29, 1.82) is 5.26 Å². The number of esters is 7. The standard InChI is InChI=1S/C69H83N4O27P/c1-38(2)73(39(3)4)101(90-32-18-30-70)100-62-61-64(99-68(62,36-88-61)37-89-69(48-20-15-14-16-21-48,49-22-26-51(83-12)27-23-49)50-24-28-52(84-13)29-25-50)72-33-47(63(81)71-67(72)82)19-17-31-85-65-59(94-45(10)79)58(93-44(9)78)56(54(96-65)35-87-41(6)75)98-66-60(95-46(11)80)57(92-43(8)77)55(91-42(7)76)53(97-66)34-86-40(5)74/h14-16,20-29,33,38-39,53-62,64-66H,18,31-32,34-37H2,1-13H3,(H,71,81,82)/t53-,54-,55+,56-,57+,58+,59-,60-,61-,62+,64-,65-,66+,68-,101?/m1/s1. The second-order valence-corrected chi connectivity index (χ2v) is 25.6. The minimum absolute atomic E-state index is 0.00819. The molecule has 2 bridgehead atoms. The van der Waals surface area contributed by atoms with Gasteiger partial charge in [0.05, 0.1) is 46.5 Å². The molecule has 1 unspecified atom stereocenters. The van der Waals surface area contributed by atoms with Crippen LogP contribution in [0.15, 0.2) is 94.6 Å². The lowest BCUT2D eigenvalue weighted by Gasteiger charge is -2.48. The SMILES string of the molecule is COc1ccc(C(OC[C@@]23CO[C@@H]([C@H](n4cc(C#CCO[C@@H]5O[C@H](COC(C)=O)[C@@H](O[C@@H]6O[C@H](COC(C)=O)[C@H](OC(C)=O)[C@H](OC(C)=O)[C@H]6OC(C)=O)[C@H](OC(C)=O)[C@H]5OC(C)=O)c(=O)[nH]c4=O)O2)[C@@H]3OP(OCCC#N)N(C(C)C)C(C)C)(c2ccccc2)c2ccc(OC)cc2)cc1. The van der Waals surface area contributed by atoms with E-state index in [1.807, 2.05) is 111 Å². The smallest absolute Gasteiger partial charge is 0.330 e. The largest absolute Gasteiger partial charge is 0.497 e. The number of carbonyl (C=O) groups excluding carboxylic acids is 7. The molecule has 1 N–H and O–H groups in total. The zero-order chi connectivity index (χ0) is 73.5. The third-order valence-corrected chi connectivity index (χ3v) is 18.3. The van der Waals surface area contributed by atoms with Crippen LogP contribution < -0.4 is 20.7 Å². The number of aromatic amines is 1. The van der Waals surface area contributed by atoms with Crippen molar-refractivity contribution in [3.63, 3.8) is 0 Å². The number of nitrogens with one attached hydrogen (secondary N) is 1. The molecule has 4 aromatic rings. The van der Waals surface area contributed by atoms with Crippen LogP contribution >= 0.6 is 8.53 Å². The molecule has 4 aliphatic rings. The second kappa shape index (κ2) is 35.3. The molecular formula is C69H83N4O27P. The Balaban J connectivity index is 1.16. The molecule has 546 valence electrons. The number of rotatable bonds is 30. The molecule has 0 spiro atoms. The summed E-state index contributed by atoms with van der Waals surface area (Å²) < 4.78 is 113. The third kappa shape index (κ3) is 19.1. The van der Waals surface area contributed by atoms with E-state index in [0.29, 0.717) is 22.6 Å². The lowest BCUT2D eigenvalue weighted by molar-refractivity contribution is -0.360. The van der Waals surface area contributed by atoms with E-state index in [-0.39, 0.29) is 43.9 Å². The van der Waals surface area contributed by atoms with Gasteiger partial charge in [0.15, 0.2) is 49.3 Å². The normalized spacial score (nSPS) is 25.6. The van der Waals surface area contributed by atoms with Crippen molar-refractivity contribution in [2.24, 2.45) is 0 Å². The molecule has 15 atom stereocenters. The first kappa shape index (κ1) is 78.0. The van der Waals surface area contributed by atoms with E-state index in [2.05, 4.69) is 22.9 Å². The maximum absolute atomic E-state index is 14.3. The Morgan fingerprint density at radius 2 is 1.16 bits per heavy atom. The highest BCUT2D eigenvalue weighted by atomic mass is 31.2. The lowest BCUT2D eigenvalue weighted by atomic mass is 9.79. The van der Waals surface area contributed by atoms with E-state index in [4.69, 9.17) is 84.8 Å². The van der Waals surface area contributed by atoms with E-state index in [0.717, 1.165) is 58.6 Å². The summed E-state index contributed by atoms with van der Waals surface area (Å²) in [6, 6.07) is 26.2. The summed E-state index contributed by atoms with van der Waals surface area (Å²) >= 11 is 0. The first-order valence-corrected chi connectivity index (χ1v) is 33.3. The van der Waals surface area contributed by atoms with Gasteiger partial charge in [-0.3, -0.25) is 47.9 Å². The minimum atomic E-state index is -2.02. The van der Waals surface area contributed by atoms with Gasteiger partial charge in [0, 0.05) is 66.7 Å². The fourth-order valence-corrected chi connectivity index (χ4v) is 14.0. The number of nitrogens with zero attached hydrogens (tertiary/aromatic N) is 3. The topological polar surface area (TPSA) is 368 Å². The Labute approximate surface area is 583 Å². The highest BCUT2D eigenvalue weighted by Gasteiger charge is 2.66. The minimum Gasteiger partial charge on any atom is -0.497 e. The monoisotopic (exact) mass is 1430 g/mol. The number of benzene rings is 3. The van der Waals surface area contributed by atoms with Crippen LogP contribution in [0.5, 0.6) is 11.5 Å². The number of carbonyl (C=O) groups is 7. The number of nitriles is 1. The number of hydrogen-bond acceptors (Lipinski definition) is 29. The summed E-state index contributed by atoms with van der Waals surface area (Å²) in [7, 11) is 1.10. The maximum Gasteiger partial charge on any atom is 0.330 e. The van der Waals surface area contributed by atoms with Crippen molar-refractivity contribution in [2.45, 2.75) is 186 Å². The molecule has 4 fully saturated rings. The number of ether oxygens (including phenoxy) is 16. The van der Waals surface area contributed by atoms with E-state index in [9.17, 15) is 48.4 Å². The number of methoxy groups -OCH3 is 2. The maximum atomic E-state index is 14.3. The summed E-state index contributed by atoms with van der Waals surface area (Å²) in [5.74, 6) is 0.0970. The van der Waals surface area contributed by atoms with Crippen LogP contribution in [0, 0.1) is 23.2 Å². The van der Waals surface area contributed by atoms with Gasteiger partial charge in [0.2, 0.25) is 0 Å². The molecule has 4 aliphatic heterocycles. The van der Waals surface area contributed by atoms with Crippen molar-refractivity contribution < 1.29 is 118 Å². The molecule has 1 aromatic heterocycles. The molecule has 0 aliphatic carbocycles. The molecule has 0 amide bonds. The molecule has 0 radical (unpaired) electrons. The zero-order valence-corrected chi connectivity index (χ0v) is 58.9. The van der Waals surface area contributed by atoms with Crippen molar-refractivity contribution in [2.75, 3.05) is 53.9 Å². The van der Waals surface area contributed by atoms with Gasteiger partial charge in [0.25, 0.3) is 14.1 Å². The van der Waals surface area contributed by atoms with Gasteiger partial charge >= 0.3 is 47.5 Å². The van der Waals surface area contributed by atoms with Crippen molar-refractivity contribution >= 4 is 50.3 Å². The van der Waals surface area contributed by atoms with E-state index in [1.165, 1.54) is 6.20 Å². The van der Waals surface area contributed by atoms with Crippen LogP contribution in [-0.2, 0) is 115 Å². The van der Waals surface area contributed by atoms with Gasteiger partial charge in [-0.15, -0.1) is 0 Å². The van der Waals surface area contributed by atoms with Gasteiger partial charge in [-0.2, -0.15) is 5.26 Å². The molecule has 0 saturated carbocycles. The van der Waals surface area contributed by atoms with E-state index >= 15 is 0 Å². The van der Waals surface area contributed by atoms with Gasteiger partial charge in [-0.05, 0) is 68.7 Å². The molecule has 5 heterocycles. The summed E-state index contributed by atoms with van der Waals surface area (Å²) in [5, 5.41) is 9.65. The fourth-order valence-electron chi connectivity index (χ4n) is 12.2. The Hall–Kier alpha value is -8.69. The second-order valence-electron chi connectivity index (χ2n) is 24.2. The average molecular weight is 1430 g/mol. The Kier molecular flexibility index (Phi) is 27.3. The molecule has 4 saturated heterocycles. The number of hydrogen-bond donors (Lipinski definition) is 1. The third-order valence-electron chi connectivity index (χ3n) is 16.2. The molecule has 8 rings (SSSR count). The van der Waals surface area contributed by atoms with Crippen LogP contribution in [0.2, 0.25) is 0 Å². The van der Waals surface area contributed by atoms with Crippen molar-refractivity contribution in [3.8, 4) is 29.4 Å². The van der Waals surface area contributed by atoms with Crippen LogP contribution in [0.1, 0.15) is 111 Å². The predicted molar refractivity (Wildman–Crippen MR) is 348 cm³/mol. The number of H-pyrrole nitrogens is 1. The predicted octanol–water partition coefficient (Wildman–Crippen LogP) is 4.88. The van der Waals surface area contributed by atoms with Crippen LogP contribution in [0.25, 0.3) is 0 Å². The number of aromatic nitrogens is 2. The van der Waals surface area contributed by atoms with E-state index < -0.39 is 172 Å². The molecular weight excluding hydrogens is 1350 g/mol. The molecule has 31 nitrogen and oxygen atoms in total. The van der Waals surface area contributed by atoms with Gasteiger partial charge in [-0.25, -0.2) is 9.46 Å². The molecule has 3 aromatic carbocycles. The van der Waals surface area contributed by atoms with Crippen LogP contribution in [0.4, 0.5) is 0 Å². The van der Waals surface area contributed by atoms with Crippen LogP contribution in [0.3, 0.4) is 0 Å². The van der Waals surface area contributed by atoms with Gasteiger partial charge in [-0.1, -0.05) is 66.4 Å². The van der Waals surface area contributed by atoms with E-state index in [1.54, 1.807) is 14.2 Å². The molecule has 32 heteroatoms. The highest BCUT2D eigenvalue weighted by Crippen LogP contribution is 2.56. The Morgan fingerprint density at radius 3 is 1.67 bits per heavy atom. The average Bonchev–Trinajstić information content (AvgIpc) is 1.57. The lowest BCUT2D eigenvalue weighted by Crippen LogP contribution is -2.67. The van der Waals surface area contributed by atoms with Gasteiger partial charge < -0.3 is 84.8 Å². The first-order valence-electron chi connectivity index (χ1n) is 32.2. The highest BCUT2D eigenvalue weighted by molar-refractivity contribution is 7.44. The Morgan fingerprint density at radius 1 is 0.663 bits per heavy atom. The summed E-state index contributed by atoms with van der Waals surface area (Å²) in [4.78, 5) is 119. The quantitative estimate of drug-likeness (QED) is 0.0181. The molecule has 101 heavy (non-hydrogen) atoms. The Bertz CT molecular complexity index is 3720. The summed E-state index contributed by atoms with van der Waals surface area (Å²) in [5.41, 5.74) is -3.04. The summed E-state index contributed by atoms with van der Waals surface area (Å²) in [6.07, 6.45) is -19.8. The van der Waals surface area contributed by atoms with Crippen molar-refractivity contribution in [3.05, 3.63) is 128 Å².